The van der Waals surface area contributed by atoms with Crippen LogP contribution in [0.15, 0.2) is 18.2 Å². The lowest BCUT2D eigenvalue weighted by molar-refractivity contribution is 0.187. The van der Waals surface area contributed by atoms with Crippen molar-refractivity contribution in [1.29, 1.82) is 0 Å². The van der Waals surface area contributed by atoms with E-state index in [-0.39, 0.29) is 0 Å². The lowest BCUT2D eigenvalue weighted by Gasteiger charge is -2.36. The average Bonchev–Trinajstić information content (AvgIpc) is 2.66. The first-order valence-corrected chi connectivity index (χ1v) is 7.21. The van der Waals surface area contributed by atoms with Gasteiger partial charge in [-0.15, -0.1) is 0 Å². The molecule has 3 nitrogen and oxygen atoms in total. The average molecular weight is 257 g/mol. The number of hydrogen-bond donors (Lipinski definition) is 1. The number of anilines is 1. The SMILES string of the molecule is Cc1cccc2c1nc(N)n2C1CCCC(C)(C)C1. The molecule has 0 bridgehead atoms. The van der Waals surface area contributed by atoms with Gasteiger partial charge in [-0.25, -0.2) is 4.98 Å². The summed E-state index contributed by atoms with van der Waals surface area (Å²) in [4.78, 5) is 4.58. The Hall–Kier alpha value is -1.51. The Balaban J connectivity index is 2.10. The van der Waals surface area contributed by atoms with Crippen molar-refractivity contribution in [2.75, 3.05) is 5.73 Å². The molecule has 1 aliphatic carbocycles. The van der Waals surface area contributed by atoms with Gasteiger partial charge in [-0.05, 0) is 43.2 Å². The summed E-state index contributed by atoms with van der Waals surface area (Å²) >= 11 is 0. The van der Waals surface area contributed by atoms with E-state index >= 15 is 0 Å². The number of nitrogens with two attached hydrogens (primary N) is 1. The van der Waals surface area contributed by atoms with E-state index in [0.29, 0.717) is 17.4 Å². The van der Waals surface area contributed by atoms with Gasteiger partial charge in [-0.1, -0.05) is 32.4 Å². The van der Waals surface area contributed by atoms with Crippen molar-refractivity contribution in [1.82, 2.24) is 9.55 Å². The Morgan fingerprint density at radius 2 is 2.16 bits per heavy atom. The van der Waals surface area contributed by atoms with E-state index in [1.54, 1.807) is 0 Å². The van der Waals surface area contributed by atoms with E-state index in [1.807, 2.05) is 0 Å². The fraction of sp³-hybridized carbons (Fsp3) is 0.562. The third-order valence-corrected chi connectivity index (χ3v) is 4.49. The molecule has 0 spiro atoms. The Morgan fingerprint density at radius 1 is 1.37 bits per heavy atom. The number of fused-ring (bicyclic) bond motifs is 1. The molecule has 1 heterocycles. The molecule has 19 heavy (non-hydrogen) atoms. The highest BCUT2D eigenvalue weighted by molar-refractivity contribution is 5.81. The molecule has 0 amide bonds. The van der Waals surface area contributed by atoms with Crippen molar-refractivity contribution >= 4 is 17.0 Å². The smallest absolute Gasteiger partial charge is 0.201 e. The molecule has 2 aromatic rings. The minimum Gasteiger partial charge on any atom is -0.369 e. The van der Waals surface area contributed by atoms with Crippen LogP contribution in [0, 0.1) is 12.3 Å². The second-order valence-electron chi connectivity index (χ2n) is 6.70. The highest BCUT2D eigenvalue weighted by Crippen LogP contribution is 2.43. The summed E-state index contributed by atoms with van der Waals surface area (Å²) in [6.07, 6.45) is 5.00. The first kappa shape index (κ1) is 12.5. The summed E-state index contributed by atoms with van der Waals surface area (Å²) in [6.45, 7) is 6.82. The van der Waals surface area contributed by atoms with Crippen molar-refractivity contribution in [3.05, 3.63) is 23.8 Å². The van der Waals surface area contributed by atoms with Crippen LogP contribution in [0.5, 0.6) is 0 Å². The van der Waals surface area contributed by atoms with E-state index < -0.39 is 0 Å². The van der Waals surface area contributed by atoms with Crippen molar-refractivity contribution < 1.29 is 0 Å². The van der Waals surface area contributed by atoms with Gasteiger partial charge in [0, 0.05) is 6.04 Å². The van der Waals surface area contributed by atoms with Crippen LogP contribution < -0.4 is 5.73 Å². The Labute approximate surface area is 114 Å². The zero-order valence-electron chi connectivity index (χ0n) is 12.1. The summed E-state index contributed by atoms with van der Waals surface area (Å²) in [6, 6.07) is 6.84. The highest BCUT2D eigenvalue weighted by Gasteiger charge is 2.30. The van der Waals surface area contributed by atoms with Crippen LogP contribution in [0.4, 0.5) is 5.95 Å². The maximum Gasteiger partial charge on any atom is 0.201 e. The van der Waals surface area contributed by atoms with Crippen LogP contribution in [0.25, 0.3) is 11.0 Å². The van der Waals surface area contributed by atoms with E-state index in [2.05, 4.69) is 48.5 Å². The first-order valence-electron chi connectivity index (χ1n) is 7.21. The molecule has 0 radical (unpaired) electrons. The standard InChI is InChI=1S/C16H23N3/c1-11-6-4-8-13-14(11)18-15(17)19(13)12-7-5-9-16(2,3)10-12/h4,6,8,12H,5,7,9-10H2,1-3H3,(H2,17,18). The van der Waals surface area contributed by atoms with Gasteiger partial charge in [-0.2, -0.15) is 0 Å². The normalized spacial score (nSPS) is 22.8. The van der Waals surface area contributed by atoms with Gasteiger partial charge in [-0.3, -0.25) is 0 Å². The van der Waals surface area contributed by atoms with Crippen LogP contribution >= 0.6 is 0 Å². The number of nitrogen functional groups attached to an aromatic ring is 1. The lowest BCUT2D eigenvalue weighted by Crippen LogP contribution is -2.25. The van der Waals surface area contributed by atoms with Crippen LogP contribution in [0.3, 0.4) is 0 Å². The Kier molecular flexibility index (Phi) is 2.80. The number of para-hydroxylation sites is 1. The zero-order valence-corrected chi connectivity index (χ0v) is 12.1. The number of aryl methyl sites for hydroxylation is 1. The van der Waals surface area contributed by atoms with Crippen LogP contribution in [0.1, 0.15) is 51.1 Å². The van der Waals surface area contributed by atoms with Crippen LogP contribution in [-0.2, 0) is 0 Å². The van der Waals surface area contributed by atoms with E-state index in [1.165, 1.54) is 36.8 Å². The van der Waals surface area contributed by atoms with Crippen LogP contribution in [-0.4, -0.2) is 9.55 Å². The number of hydrogen-bond acceptors (Lipinski definition) is 2. The summed E-state index contributed by atoms with van der Waals surface area (Å²) in [7, 11) is 0. The quantitative estimate of drug-likeness (QED) is 0.837. The second-order valence-corrected chi connectivity index (χ2v) is 6.70. The summed E-state index contributed by atoms with van der Waals surface area (Å²) in [5.41, 5.74) is 10.1. The molecule has 1 unspecified atom stereocenters. The molecule has 1 aromatic heterocycles. The van der Waals surface area contributed by atoms with Gasteiger partial charge in [0.25, 0.3) is 0 Å². The predicted octanol–water partition coefficient (Wildman–Crippen LogP) is 4.07. The molecule has 0 saturated heterocycles. The van der Waals surface area contributed by atoms with Crippen molar-refractivity contribution in [3.63, 3.8) is 0 Å². The Bertz CT molecular complexity index is 610. The third-order valence-electron chi connectivity index (χ3n) is 4.49. The maximum atomic E-state index is 6.19. The number of benzene rings is 1. The molecule has 1 atom stereocenters. The Morgan fingerprint density at radius 3 is 2.89 bits per heavy atom. The third kappa shape index (κ3) is 2.11. The van der Waals surface area contributed by atoms with Crippen LogP contribution in [0.2, 0.25) is 0 Å². The fourth-order valence-electron chi connectivity index (χ4n) is 3.54. The molecule has 1 aliphatic rings. The monoisotopic (exact) mass is 257 g/mol. The molecule has 1 aromatic carbocycles. The summed E-state index contributed by atoms with van der Waals surface area (Å²) in [5, 5.41) is 0. The van der Waals surface area contributed by atoms with Gasteiger partial charge in [0.1, 0.15) is 0 Å². The largest absolute Gasteiger partial charge is 0.369 e. The number of nitrogens with zero attached hydrogens (tertiary/aromatic N) is 2. The molecule has 0 aliphatic heterocycles. The summed E-state index contributed by atoms with van der Waals surface area (Å²) in [5.74, 6) is 0.673. The van der Waals surface area contributed by atoms with Crippen molar-refractivity contribution in [2.45, 2.75) is 52.5 Å². The fourth-order valence-corrected chi connectivity index (χ4v) is 3.54. The number of rotatable bonds is 1. The molecular formula is C16H23N3. The highest BCUT2D eigenvalue weighted by atomic mass is 15.2. The molecule has 3 heteroatoms. The molecule has 3 rings (SSSR count). The second kappa shape index (κ2) is 4.26. The van der Waals surface area contributed by atoms with E-state index in [9.17, 15) is 0 Å². The summed E-state index contributed by atoms with van der Waals surface area (Å²) < 4.78 is 2.27. The van der Waals surface area contributed by atoms with Gasteiger partial charge in [0.2, 0.25) is 5.95 Å². The topological polar surface area (TPSA) is 43.8 Å². The maximum absolute atomic E-state index is 6.19. The predicted molar refractivity (Wildman–Crippen MR) is 80.2 cm³/mol. The minimum atomic E-state index is 0.412. The van der Waals surface area contributed by atoms with Gasteiger partial charge in [0.05, 0.1) is 11.0 Å². The number of imidazole rings is 1. The van der Waals surface area contributed by atoms with E-state index in [4.69, 9.17) is 5.73 Å². The molecular weight excluding hydrogens is 234 g/mol. The lowest BCUT2D eigenvalue weighted by atomic mass is 9.75. The van der Waals surface area contributed by atoms with Gasteiger partial charge < -0.3 is 10.3 Å². The molecule has 2 N–H and O–H groups in total. The van der Waals surface area contributed by atoms with Crippen molar-refractivity contribution in [2.24, 2.45) is 5.41 Å². The van der Waals surface area contributed by atoms with Gasteiger partial charge in [0.15, 0.2) is 0 Å². The molecule has 102 valence electrons. The molecule has 1 saturated carbocycles. The minimum absolute atomic E-state index is 0.412. The van der Waals surface area contributed by atoms with Crippen molar-refractivity contribution in [3.8, 4) is 0 Å². The van der Waals surface area contributed by atoms with E-state index in [0.717, 1.165) is 5.52 Å². The zero-order chi connectivity index (χ0) is 13.6. The van der Waals surface area contributed by atoms with Gasteiger partial charge >= 0.3 is 0 Å². The first-order chi connectivity index (χ1) is 8.98. The number of aromatic nitrogens is 2. The molecule has 1 fully saturated rings.